The van der Waals surface area contributed by atoms with E-state index in [1.165, 1.54) is 0 Å². The van der Waals surface area contributed by atoms with Gasteiger partial charge in [0.05, 0.1) is 19.1 Å². The van der Waals surface area contributed by atoms with Gasteiger partial charge in [0.25, 0.3) is 0 Å². The summed E-state index contributed by atoms with van der Waals surface area (Å²) < 4.78 is 4.96. The number of ketones is 1. The average Bonchev–Trinajstić information content (AvgIpc) is 2.30. The second-order valence-electron chi connectivity index (χ2n) is 4.36. The van der Waals surface area contributed by atoms with E-state index in [1.54, 1.807) is 13.0 Å². The zero-order valence-electron chi connectivity index (χ0n) is 9.26. The third-order valence-corrected chi connectivity index (χ3v) is 3.52. The molecule has 0 heterocycles. The molecule has 4 nitrogen and oxygen atoms in total. The first-order chi connectivity index (χ1) is 7.69. The molecule has 0 amide bonds. The Bertz CT molecular complexity index is 334. The maximum absolute atomic E-state index is 11.9. The van der Waals surface area contributed by atoms with Gasteiger partial charge in [-0.05, 0) is 19.3 Å². The molecule has 2 bridgehead atoms. The van der Waals surface area contributed by atoms with Gasteiger partial charge in [0, 0.05) is 11.8 Å². The highest BCUT2D eigenvalue weighted by Crippen LogP contribution is 2.42. The summed E-state index contributed by atoms with van der Waals surface area (Å²) in [5, 5.41) is 9.14. The van der Waals surface area contributed by atoms with Crippen molar-refractivity contribution in [1.82, 2.24) is 0 Å². The van der Waals surface area contributed by atoms with E-state index in [4.69, 9.17) is 9.84 Å². The summed E-state index contributed by atoms with van der Waals surface area (Å²) in [5.41, 5.74) is 0. The van der Waals surface area contributed by atoms with Gasteiger partial charge in [-0.25, -0.2) is 0 Å². The van der Waals surface area contributed by atoms with Crippen LogP contribution >= 0.6 is 0 Å². The number of hydrogen-bond donors (Lipinski definition) is 1. The molecule has 1 fully saturated rings. The van der Waals surface area contributed by atoms with E-state index in [-0.39, 0.29) is 42.0 Å². The molecule has 3 aliphatic rings. The van der Waals surface area contributed by atoms with E-state index < -0.39 is 0 Å². The lowest BCUT2D eigenvalue weighted by Crippen LogP contribution is -2.47. The molecule has 0 aromatic heterocycles. The van der Waals surface area contributed by atoms with Crippen molar-refractivity contribution in [3.63, 3.8) is 0 Å². The summed E-state index contributed by atoms with van der Waals surface area (Å²) in [4.78, 5) is 23.6. The first-order valence-electron chi connectivity index (χ1n) is 5.68. The van der Waals surface area contributed by atoms with Gasteiger partial charge >= 0.3 is 5.97 Å². The van der Waals surface area contributed by atoms with Gasteiger partial charge in [0.15, 0.2) is 0 Å². The van der Waals surface area contributed by atoms with E-state index in [1.807, 2.05) is 6.08 Å². The number of esters is 1. The van der Waals surface area contributed by atoms with Crippen LogP contribution < -0.4 is 0 Å². The Kier molecular flexibility index (Phi) is 3.10. The van der Waals surface area contributed by atoms with E-state index >= 15 is 0 Å². The Morgan fingerprint density at radius 1 is 1.56 bits per heavy atom. The van der Waals surface area contributed by atoms with Crippen LogP contribution in [0.3, 0.4) is 0 Å². The van der Waals surface area contributed by atoms with Crippen LogP contribution in [0.2, 0.25) is 0 Å². The highest BCUT2D eigenvalue weighted by Gasteiger charge is 2.47. The molecule has 1 unspecified atom stereocenters. The molecule has 16 heavy (non-hydrogen) atoms. The lowest BCUT2D eigenvalue weighted by atomic mass is 9.63. The lowest BCUT2D eigenvalue weighted by Gasteiger charge is -2.40. The highest BCUT2D eigenvalue weighted by atomic mass is 16.5. The molecule has 4 atom stereocenters. The van der Waals surface area contributed by atoms with E-state index in [0.717, 1.165) is 0 Å². The molecule has 1 N–H and O–H groups in total. The number of carbonyl (C=O) groups excluding carboxylic acids is 2. The Morgan fingerprint density at radius 2 is 2.31 bits per heavy atom. The zero-order valence-corrected chi connectivity index (χ0v) is 9.26. The standard InChI is InChI=1S/C12H16O4/c1-2-16-12(15)9-5-7-3-4-8(9)11(14)10(7)6-13/h3-4,7-10,13H,2,5-6H2,1H3/t7-,8+,9+,10?/m1/s1. The van der Waals surface area contributed by atoms with Gasteiger partial charge in [0.2, 0.25) is 0 Å². The number of allylic oxidation sites excluding steroid dienone is 2. The number of ether oxygens (including phenoxy) is 1. The third kappa shape index (κ3) is 1.67. The molecule has 1 saturated carbocycles. The van der Waals surface area contributed by atoms with Crippen LogP contribution in [0.5, 0.6) is 0 Å². The summed E-state index contributed by atoms with van der Waals surface area (Å²) in [7, 11) is 0. The van der Waals surface area contributed by atoms with Crippen molar-refractivity contribution in [2.75, 3.05) is 13.2 Å². The highest BCUT2D eigenvalue weighted by molar-refractivity contribution is 5.92. The number of Topliss-reactive ketones (excluding diaryl/α,β-unsaturated/α-hetero) is 1. The molecule has 3 rings (SSSR count). The monoisotopic (exact) mass is 224 g/mol. The molecule has 3 aliphatic carbocycles. The minimum absolute atomic E-state index is 0.00286. The van der Waals surface area contributed by atoms with E-state index in [0.29, 0.717) is 13.0 Å². The maximum Gasteiger partial charge on any atom is 0.309 e. The van der Waals surface area contributed by atoms with Crippen molar-refractivity contribution in [2.24, 2.45) is 23.7 Å². The van der Waals surface area contributed by atoms with Crippen LogP contribution in [0.1, 0.15) is 13.3 Å². The van der Waals surface area contributed by atoms with Gasteiger partial charge in [-0.3, -0.25) is 9.59 Å². The van der Waals surface area contributed by atoms with Gasteiger partial charge < -0.3 is 9.84 Å². The van der Waals surface area contributed by atoms with Crippen molar-refractivity contribution < 1.29 is 19.4 Å². The molecule has 0 saturated heterocycles. The molecule has 0 aliphatic heterocycles. The largest absolute Gasteiger partial charge is 0.466 e. The third-order valence-electron chi connectivity index (χ3n) is 3.52. The van der Waals surface area contributed by atoms with Crippen LogP contribution in [0.15, 0.2) is 12.2 Å². The number of hydrogen-bond acceptors (Lipinski definition) is 4. The maximum atomic E-state index is 11.9. The van der Waals surface area contributed by atoms with Crippen LogP contribution in [0.4, 0.5) is 0 Å². The fourth-order valence-electron chi connectivity index (χ4n) is 2.68. The second-order valence-corrected chi connectivity index (χ2v) is 4.36. The fraction of sp³-hybridized carbons (Fsp3) is 0.667. The fourth-order valence-corrected chi connectivity index (χ4v) is 2.68. The quantitative estimate of drug-likeness (QED) is 0.561. The molecule has 0 aromatic carbocycles. The summed E-state index contributed by atoms with van der Waals surface area (Å²) in [6.07, 6.45) is 4.36. The van der Waals surface area contributed by atoms with Crippen molar-refractivity contribution in [3.8, 4) is 0 Å². The van der Waals surface area contributed by atoms with Crippen LogP contribution in [0.25, 0.3) is 0 Å². The summed E-state index contributed by atoms with van der Waals surface area (Å²) in [6.45, 7) is 1.97. The van der Waals surface area contributed by atoms with Crippen molar-refractivity contribution >= 4 is 11.8 Å². The van der Waals surface area contributed by atoms with E-state index in [2.05, 4.69) is 0 Å². The number of fused-ring (bicyclic) bond motifs is 2. The van der Waals surface area contributed by atoms with Gasteiger partial charge in [-0.2, -0.15) is 0 Å². The lowest BCUT2D eigenvalue weighted by molar-refractivity contribution is -0.156. The van der Waals surface area contributed by atoms with Crippen molar-refractivity contribution in [2.45, 2.75) is 13.3 Å². The number of aliphatic hydroxyl groups is 1. The smallest absolute Gasteiger partial charge is 0.309 e. The van der Waals surface area contributed by atoms with Crippen LogP contribution in [0, 0.1) is 23.7 Å². The molecule has 0 aromatic rings. The molecular weight excluding hydrogens is 208 g/mol. The number of rotatable bonds is 3. The minimum Gasteiger partial charge on any atom is -0.466 e. The van der Waals surface area contributed by atoms with Crippen molar-refractivity contribution in [3.05, 3.63) is 12.2 Å². The normalized spacial score (nSPS) is 36.5. The first-order valence-corrected chi connectivity index (χ1v) is 5.68. The topological polar surface area (TPSA) is 63.6 Å². The Morgan fingerprint density at radius 3 is 2.88 bits per heavy atom. The minimum atomic E-state index is -0.388. The average molecular weight is 224 g/mol. The molecular formula is C12H16O4. The Labute approximate surface area is 94.3 Å². The zero-order chi connectivity index (χ0) is 11.7. The van der Waals surface area contributed by atoms with Crippen LogP contribution in [-0.2, 0) is 14.3 Å². The van der Waals surface area contributed by atoms with Crippen molar-refractivity contribution in [1.29, 1.82) is 0 Å². The first kappa shape index (κ1) is 11.3. The van der Waals surface area contributed by atoms with Gasteiger partial charge in [-0.15, -0.1) is 0 Å². The summed E-state index contributed by atoms with van der Waals surface area (Å²) in [6, 6.07) is 0. The predicted molar refractivity (Wildman–Crippen MR) is 56.4 cm³/mol. The molecule has 4 heteroatoms. The molecule has 88 valence electrons. The molecule has 0 spiro atoms. The number of carbonyl (C=O) groups is 2. The summed E-state index contributed by atoms with van der Waals surface area (Å²) in [5.74, 6) is -1.35. The SMILES string of the molecule is CCOC(=O)[C@H]1C[C@H]2C=C[C@@H]1C(=O)C2CO. The van der Waals surface area contributed by atoms with Gasteiger partial charge in [0.1, 0.15) is 5.78 Å². The van der Waals surface area contributed by atoms with Gasteiger partial charge in [-0.1, -0.05) is 12.2 Å². The molecule has 0 radical (unpaired) electrons. The van der Waals surface area contributed by atoms with E-state index in [9.17, 15) is 9.59 Å². The van der Waals surface area contributed by atoms with Crippen LogP contribution in [-0.4, -0.2) is 30.1 Å². The number of aliphatic hydroxyl groups excluding tert-OH is 1. The Hall–Kier alpha value is -1.16. The second kappa shape index (κ2) is 4.37. The Balaban J connectivity index is 2.16. The predicted octanol–water partition coefficient (Wildman–Crippen LogP) is 0.549. The summed E-state index contributed by atoms with van der Waals surface area (Å²) >= 11 is 0.